The van der Waals surface area contributed by atoms with E-state index in [9.17, 15) is 14.7 Å². The van der Waals surface area contributed by atoms with E-state index in [1.807, 2.05) is 38.1 Å². The number of carbonyl (C=O) groups is 2. The lowest BCUT2D eigenvalue weighted by Crippen LogP contribution is -2.29. The van der Waals surface area contributed by atoms with Gasteiger partial charge in [-0.25, -0.2) is 0 Å². The zero-order valence-corrected chi connectivity index (χ0v) is 18.8. The van der Waals surface area contributed by atoms with Gasteiger partial charge in [-0.1, -0.05) is 42.8 Å². The number of aliphatic hydroxyl groups excluding tert-OH is 1. The average molecular weight is 459 g/mol. The smallest absolute Gasteiger partial charge is 0.271 e. The second-order valence-corrected chi connectivity index (χ2v) is 8.32. The van der Waals surface area contributed by atoms with Crippen molar-refractivity contribution in [2.24, 2.45) is 4.99 Å². The number of amidine groups is 1. The maximum Gasteiger partial charge on any atom is 0.271 e. The van der Waals surface area contributed by atoms with E-state index in [0.29, 0.717) is 33.7 Å². The van der Waals surface area contributed by atoms with E-state index >= 15 is 0 Å². The summed E-state index contributed by atoms with van der Waals surface area (Å²) in [7, 11) is 0. The first-order valence-corrected chi connectivity index (χ1v) is 11.0. The molecule has 0 spiro atoms. The van der Waals surface area contributed by atoms with E-state index in [0.717, 1.165) is 23.2 Å². The van der Waals surface area contributed by atoms with Crippen LogP contribution in [0.15, 0.2) is 52.4 Å². The van der Waals surface area contributed by atoms with E-state index in [-0.39, 0.29) is 12.5 Å². The van der Waals surface area contributed by atoms with Crippen LogP contribution in [0.5, 0.6) is 5.75 Å². The first-order chi connectivity index (χ1) is 14.9. The lowest BCUT2D eigenvalue weighted by molar-refractivity contribution is -0.116. The number of para-hydroxylation sites is 1. The second-order valence-electron chi connectivity index (χ2n) is 6.91. The number of benzene rings is 2. The highest BCUT2D eigenvalue weighted by Crippen LogP contribution is 2.38. The molecule has 162 valence electrons. The van der Waals surface area contributed by atoms with Crippen molar-refractivity contribution < 1.29 is 19.4 Å². The molecule has 31 heavy (non-hydrogen) atoms. The zero-order valence-electron chi connectivity index (χ0n) is 17.2. The highest BCUT2D eigenvalue weighted by Gasteiger charge is 2.35. The Hall–Kier alpha value is -2.61. The van der Waals surface area contributed by atoms with Crippen LogP contribution in [0.2, 0.25) is 5.02 Å². The summed E-state index contributed by atoms with van der Waals surface area (Å²) in [5.74, 6) is 0.210. The number of hydrogen-bond acceptors (Lipinski definition) is 6. The van der Waals surface area contributed by atoms with Gasteiger partial charge in [0.15, 0.2) is 11.5 Å². The standard InChI is InChI=1S/C23H23ClN2O4S/c1-3-10-25-23-26(19-7-5-4-6-15(19)2)22(29)21(31-23)12-16-8-9-20(18(24)11-16)30-14-17(28)13-27/h4-9,11-13,17,28H,3,10,14H2,1-2H3/b21-12-,25-23?/t17-/m0/s1. The Balaban J connectivity index is 1.88. The molecule has 2 aromatic rings. The molecule has 0 aromatic heterocycles. The number of nitrogens with zero attached hydrogens (tertiary/aromatic N) is 2. The van der Waals surface area contributed by atoms with Crippen molar-refractivity contribution in [1.82, 2.24) is 0 Å². The number of aliphatic hydroxyl groups is 1. The molecular formula is C23H23ClN2O4S. The number of aliphatic imine (C=N–C) groups is 1. The zero-order chi connectivity index (χ0) is 22.4. The van der Waals surface area contributed by atoms with E-state index < -0.39 is 6.10 Å². The van der Waals surface area contributed by atoms with Gasteiger partial charge in [-0.05, 0) is 60.5 Å². The number of carbonyl (C=O) groups excluding carboxylic acids is 2. The molecule has 1 fully saturated rings. The van der Waals surface area contributed by atoms with Gasteiger partial charge in [0.25, 0.3) is 5.91 Å². The third kappa shape index (κ3) is 5.55. The van der Waals surface area contributed by atoms with Gasteiger partial charge in [0, 0.05) is 6.54 Å². The molecule has 6 nitrogen and oxygen atoms in total. The normalized spacial score (nSPS) is 17.4. The van der Waals surface area contributed by atoms with Crippen LogP contribution in [0, 0.1) is 6.92 Å². The summed E-state index contributed by atoms with van der Waals surface area (Å²) in [6, 6.07) is 12.8. The monoisotopic (exact) mass is 458 g/mol. The Bertz CT molecular complexity index is 1040. The number of aldehydes is 1. The minimum atomic E-state index is -1.21. The Morgan fingerprint density at radius 3 is 2.74 bits per heavy atom. The number of rotatable bonds is 8. The molecule has 1 amide bonds. The van der Waals surface area contributed by atoms with Gasteiger partial charge in [-0.3, -0.25) is 14.7 Å². The Morgan fingerprint density at radius 1 is 1.29 bits per heavy atom. The van der Waals surface area contributed by atoms with Crippen LogP contribution in [0.3, 0.4) is 0 Å². The van der Waals surface area contributed by atoms with Crippen LogP contribution in [0.25, 0.3) is 6.08 Å². The van der Waals surface area contributed by atoms with Crippen LogP contribution >= 0.6 is 23.4 Å². The van der Waals surface area contributed by atoms with Crippen molar-refractivity contribution in [2.45, 2.75) is 26.4 Å². The number of ether oxygens (including phenoxy) is 1. The summed E-state index contributed by atoms with van der Waals surface area (Å²) in [6.07, 6.45) is 1.84. The molecule has 0 bridgehead atoms. The molecule has 0 aliphatic carbocycles. The van der Waals surface area contributed by atoms with Crippen LogP contribution in [-0.4, -0.2) is 41.7 Å². The van der Waals surface area contributed by atoms with E-state index in [2.05, 4.69) is 4.99 Å². The maximum absolute atomic E-state index is 13.2. The Kier molecular flexibility index (Phi) is 7.90. The van der Waals surface area contributed by atoms with E-state index in [1.54, 1.807) is 29.2 Å². The topological polar surface area (TPSA) is 79.2 Å². The predicted octanol–water partition coefficient (Wildman–Crippen LogP) is 4.47. The number of aryl methyl sites for hydroxylation is 1. The summed E-state index contributed by atoms with van der Waals surface area (Å²) in [5, 5.41) is 10.3. The second kappa shape index (κ2) is 10.6. The Morgan fingerprint density at radius 2 is 2.06 bits per heavy atom. The average Bonchev–Trinajstić information content (AvgIpc) is 3.06. The number of anilines is 1. The Labute approximate surface area is 190 Å². The summed E-state index contributed by atoms with van der Waals surface area (Å²) >= 11 is 7.60. The highest BCUT2D eigenvalue weighted by atomic mass is 35.5. The predicted molar refractivity (Wildman–Crippen MR) is 126 cm³/mol. The highest BCUT2D eigenvalue weighted by molar-refractivity contribution is 8.19. The molecule has 0 saturated carbocycles. The van der Waals surface area contributed by atoms with Crippen molar-refractivity contribution in [2.75, 3.05) is 18.1 Å². The van der Waals surface area contributed by atoms with Crippen molar-refractivity contribution >= 4 is 52.5 Å². The maximum atomic E-state index is 13.2. The number of thioether (sulfide) groups is 1. The summed E-state index contributed by atoms with van der Waals surface area (Å²) < 4.78 is 5.35. The molecule has 1 heterocycles. The largest absolute Gasteiger partial charge is 0.489 e. The minimum Gasteiger partial charge on any atom is -0.489 e. The molecule has 1 N–H and O–H groups in total. The third-order valence-electron chi connectivity index (χ3n) is 4.45. The van der Waals surface area contributed by atoms with Crippen LogP contribution in [0.1, 0.15) is 24.5 Å². The molecule has 2 aromatic carbocycles. The fourth-order valence-electron chi connectivity index (χ4n) is 2.90. The van der Waals surface area contributed by atoms with E-state index in [1.165, 1.54) is 11.8 Å². The van der Waals surface area contributed by atoms with Crippen LogP contribution < -0.4 is 9.64 Å². The first kappa shape index (κ1) is 23.1. The molecular weight excluding hydrogens is 436 g/mol. The fraction of sp³-hybridized carbons (Fsp3) is 0.261. The summed E-state index contributed by atoms with van der Waals surface area (Å²) in [4.78, 5) is 30.6. The molecule has 0 radical (unpaired) electrons. The van der Waals surface area contributed by atoms with Gasteiger partial charge in [-0.2, -0.15) is 0 Å². The van der Waals surface area contributed by atoms with Crippen molar-refractivity contribution in [3.63, 3.8) is 0 Å². The van der Waals surface area contributed by atoms with Gasteiger partial charge < -0.3 is 14.6 Å². The van der Waals surface area contributed by atoms with Gasteiger partial charge in [-0.15, -0.1) is 0 Å². The molecule has 1 saturated heterocycles. The molecule has 1 atom stereocenters. The van der Waals surface area contributed by atoms with Crippen LogP contribution in [0.4, 0.5) is 5.69 Å². The number of halogens is 1. The summed E-state index contributed by atoms with van der Waals surface area (Å²) in [6.45, 7) is 4.46. The van der Waals surface area contributed by atoms with E-state index in [4.69, 9.17) is 16.3 Å². The summed E-state index contributed by atoms with van der Waals surface area (Å²) in [5.41, 5.74) is 2.53. The fourth-order valence-corrected chi connectivity index (χ4v) is 4.15. The SMILES string of the molecule is CCCN=C1S/C(=C\c2ccc(OC[C@@H](O)C=O)c(Cl)c2)C(=O)N1c1ccccc1C. The number of hydrogen-bond donors (Lipinski definition) is 1. The third-order valence-corrected chi connectivity index (χ3v) is 5.76. The van der Waals surface area contributed by atoms with Gasteiger partial charge in [0.2, 0.25) is 0 Å². The van der Waals surface area contributed by atoms with Crippen molar-refractivity contribution in [3.05, 3.63) is 63.5 Å². The van der Waals surface area contributed by atoms with Gasteiger partial charge in [0.05, 0.1) is 15.6 Å². The lowest BCUT2D eigenvalue weighted by Gasteiger charge is -2.18. The molecule has 3 rings (SSSR count). The lowest BCUT2D eigenvalue weighted by atomic mass is 10.1. The molecule has 1 aliphatic rings. The number of amides is 1. The molecule has 0 unspecified atom stereocenters. The van der Waals surface area contributed by atoms with Crippen molar-refractivity contribution in [1.29, 1.82) is 0 Å². The molecule has 8 heteroatoms. The quantitative estimate of drug-likeness (QED) is 0.466. The molecule has 1 aliphatic heterocycles. The van der Waals surface area contributed by atoms with Crippen molar-refractivity contribution in [3.8, 4) is 5.75 Å². The van der Waals surface area contributed by atoms with Gasteiger partial charge in [0.1, 0.15) is 18.5 Å². The van der Waals surface area contributed by atoms with Crippen LogP contribution in [-0.2, 0) is 9.59 Å². The minimum absolute atomic E-state index is 0.139. The first-order valence-electron chi connectivity index (χ1n) is 9.84. The van der Waals surface area contributed by atoms with Gasteiger partial charge >= 0.3 is 0 Å².